The van der Waals surface area contributed by atoms with Crippen LogP contribution in [0.4, 0.5) is 10.5 Å². The van der Waals surface area contributed by atoms with Crippen LogP contribution in [0.15, 0.2) is 76.8 Å². The molecule has 0 aromatic heterocycles. The highest BCUT2D eigenvalue weighted by Gasteiger charge is 2.36. The van der Waals surface area contributed by atoms with Crippen LogP contribution in [-0.2, 0) is 16.0 Å². The molecule has 0 spiro atoms. The zero-order chi connectivity index (χ0) is 24.2. The van der Waals surface area contributed by atoms with Gasteiger partial charge in [-0.1, -0.05) is 46.3 Å². The molecule has 1 fully saturated rings. The van der Waals surface area contributed by atoms with Crippen LogP contribution >= 0.6 is 15.9 Å². The topological polar surface area (TPSA) is 84.9 Å². The van der Waals surface area contributed by atoms with E-state index in [1.54, 1.807) is 43.5 Å². The normalized spacial score (nSPS) is 14.9. The highest BCUT2D eigenvalue weighted by molar-refractivity contribution is 9.10. The first-order chi connectivity index (χ1) is 16.4. The number of carbonyl (C=O) groups excluding carboxylic acids is 3. The predicted molar refractivity (Wildman–Crippen MR) is 132 cm³/mol. The number of hydrogen-bond acceptors (Lipinski definition) is 5. The van der Waals surface area contributed by atoms with E-state index in [4.69, 9.17) is 9.47 Å². The molecule has 3 aromatic rings. The molecule has 1 aliphatic heterocycles. The van der Waals surface area contributed by atoms with Crippen LogP contribution < -0.4 is 19.7 Å². The number of halogens is 1. The number of nitrogens with zero attached hydrogens (tertiary/aromatic N) is 1. The molecule has 3 aromatic carbocycles. The zero-order valence-electron chi connectivity index (χ0n) is 18.5. The van der Waals surface area contributed by atoms with Crippen molar-refractivity contribution in [1.82, 2.24) is 5.32 Å². The second-order valence-corrected chi connectivity index (χ2v) is 8.35. The number of anilines is 1. The van der Waals surface area contributed by atoms with E-state index in [1.807, 2.05) is 30.3 Å². The monoisotopic (exact) mass is 520 g/mol. The third-order valence-electron chi connectivity index (χ3n) is 5.39. The Morgan fingerprint density at radius 1 is 0.912 bits per heavy atom. The molecule has 7 nitrogen and oxygen atoms in total. The van der Waals surface area contributed by atoms with Gasteiger partial charge in [0.05, 0.1) is 19.9 Å². The summed E-state index contributed by atoms with van der Waals surface area (Å²) >= 11 is 3.56. The van der Waals surface area contributed by atoms with Crippen molar-refractivity contribution < 1.29 is 23.9 Å². The minimum Gasteiger partial charge on any atom is -0.497 e. The molecule has 0 saturated carbocycles. The highest BCUT2D eigenvalue weighted by Crippen LogP contribution is 2.28. The lowest BCUT2D eigenvalue weighted by atomic mass is 10.0. The van der Waals surface area contributed by atoms with Crippen molar-refractivity contribution >= 4 is 45.5 Å². The van der Waals surface area contributed by atoms with Gasteiger partial charge in [-0.05, 0) is 59.2 Å². The Balaban J connectivity index is 1.65. The summed E-state index contributed by atoms with van der Waals surface area (Å²) in [6.07, 6.45) is 2.09. The van der Waals surface area contributed by atoms with Gasteiger partial charge in [0.2, 0.25) is 0 Å². The summed E-state index contributed by atoms with van der Waals surface area (Å²) in [6.45, 7) is 0. The molecule has 0 bridgehead atoms. The van der Waals surface area contributed by atoms with Crippen molar-refractivity contribution in [2.45, 2.75) is 6.42 Å². The quantitative estimate of drug-likeness (QED) is 0.375. The van der Waals surface area contributed by atoms with Gasteiger partial charge < -0.3 is 9.47 Å². The van der Waals surface area contributed by atoms with E-state index >= 15 is 0 Å². The van der Waals surface area contributed by atoms with E-state index in [0.717, 1.165) is 20.5 Å². The molecule has 4 rings (SSSR count). The van der Waals surface area contributed by atoms with Gasteiger partial charge in [0.1, 0.15) is 17.1 Å². The van der Waals surface area contributed by atoms with Gasteiger partial charge in [-0.25, -0.2) is 9.69 Å². The maximum absolute atomic E-state index is 13.1. The SMILES string of the molecule is COc1ccc(N2C(=O)NC(=O)/C(=C\c3ccc(Cc4ccccc4Br)c(OC)c3)C2=O)cc1. The van der Waals surface area contributed by atoms with E-state index in [2.05, 4.69) is 21.2 Å². The first-order valence-electron chi connectivity index (χ1n) is 10.4. The molecular weight excluding hydrogens is 500 g/mol. The van der Waals surface area contributed by atoms with Crippen LogP contribution in [-0.4, -0.2) is 32.1 Å². The number of ether oxygens (including phenoxy) is 2. The molecule has 0 aliphatic carbocycles. The minimum atomic E-state index is -0.807. The molecule has 0 atom stereocenters. The molecule has 1 heterocycles. The molecular formula is C26H21BrN2O5. The van der Waals surface area contributed by atoms with Gasteiger partial charge >= 0.3 is 6.03 Å². The van der Waals surface area contributed by atoms with Crippen LogP contribution in [0.5, 0.6) is 11.5 Å². The molecule has 0 unspecified atom stereocenters. The van der Waals surface area contributed by atoms with Gasteiger partial charge in [0.25, 0.3) is 11.8 Å². The molecule has 1 saturated heterocycles. The number of barbiturate groups is 1. The number of imide groups is 2. The minimum absolute atomic E-state index is 0.156. The van der Waals surface area contributed by atoms with Gasteiger partial charge in [0.15, 0.2) is 0 Å². The number of urea groups is 1. The Morgan fingerprint density at radius 3 is 2.32 bits per heavy atom. The van der Waals surface area contributed by atoms with Gasteiger partial charge in [0, 0.05) is 10.9 Å². The van der Waals surface area contributed by atoms with Crippen molar-refractivity contribution in [3.05, 3.63) is 93.5 Å². The van der Waals surface area contributed by atoms with Gasteiger partial charge in [-0.3, -0.25) is 14.9 Å². The number of carbonyl (C=O) groups is 3. The fourth-order valence-electron chi connectivity index (χ4n) is 3.63. The first-order valence-corrected chi connectivity index (χ1v) is 11.2. The van der Waals surface area contributed by atoms with Crippen molar-refractivity contribution in [2.75, 3.05) is 19.1 Å². The second-order valence-electron chi connectivity index (χ2n) is 7.50. The van der Waals surface area contributed by atoms with E-state index in [0.29, 0.717) is 29.2 Å². The fourth-order valence-corrected chi connectivity index (χ4v) is 4.06. The maximum atomic E-state index is 13.1. The lowest BCUT2D eigenvalue weighted by Crippen LogP contribution is -2.54. The van der Waals surface area contributed by atoms with E-state index in [9.17, 15) is 14.4 Å². The van der Waals surface area contributed by atoms with Crippen LogP contribution in [0.25, 0.3) is 6.08 Å². The standard InChI is InChI=1S/C26H21BrN2O5/c1-33-20-11-9-19(10-12-20)29-25(31)21(24(30)28-26(29)32)13-16-7-8-18(23(14-16)34-2)15-17-5-3-4-6-22(17)27/h3-14H,15H2,1-2H3,(H,28,30,32)/b21-13+. The number of benzene rings is 3. The zero-order valence-corrected chi connectivity index (χ0v) is 20.1. The van der Waals surface area contributed by atoms with Gasteiger partial charge in [-0.2, -0.15) is 0 Å². The first kappa shape index (κ1) is 23.3. The number of amides is 4. The van der Waals surface area contributed by atoms with Crippen LogP contribution in [0.3, 0.4) is 0 Å². The number of hydrogen-bond donors (Lipinski definition) is 1. The summed E-state index contributed by atoms with van der Waals surface area (Å²) < 4.78 is 11.7. The summed E-state index contributed by atoms with van der Waals surface area (Å²) in [5, 5.41) is 2.23. The van der Waals surface area contributed by atoms with E-state index in [1.165, 1.54) is 13.2 Å². The maximum Gasteiger partial charge on any atom is 0.335 e. The molecule has 172 valence electrons. The summed E-state index contributed by atoms with van der Waals surface area (Å²) in [5.41, 5.74) is 2.81. The molecule has 34 heavy (non-hydrogen) atoms. The van der Waals surface area contributed by atoms with Crippen molar-refractivity contribution in [3.63, 3.8) is 0 Å². The smallest absolute Gasteiger partial charge is 0.335 e. The summed E-state index contributed by atoms with van der Waals surface area (Å²) in [6, 6.07) is 19.0. The third kappa shape index (κ3) is 4.72. The number of methoxy groups -OCH3 is 2. The van der Waals surface area contributed by atoms with Crippen LogP contribution in [0, 0.1) is 0 Å². The highest BCUT2D eigenvalue weighted by atomic mass is 79.9. The average molecular weight is 521 g/mol. The third-order valence-corrected chi connectivity index (χ3v) is 6.17. The van der Waals surface area contributed by atoms with Crippen LogP contribution in [0.2, 0.25) is 0 Å². The largest absolute Gasteiger partial charge is 0.497 e. The predicted octanol–water partition coefficient (Wildman–Crippen LogP) is 4.72. The van der Waals surface area contributed by atoms with Crippen molar-refractivity contribution in [1.29, 1.82) is 0 Å². The Morgan fingerprint density at radius 2 is 1.65 bits per heavy atom. The second kappa shape index (κ2) is 9.93. The van der Waals surface area contributed by atoms with E-state index in [-0.39, 0.29) is 5.57 Å². The summed E-state index contributed by atoms with van der Waals surface area (Å²) in [4.78, 5) is 38.9. The van der Waals surface area contributed by atoms with E-state index < -0.39 is 17.8 Å². The molecule has 0 radical (unpaired) electrons. The molecule has 1 N–H and O–H groups in total. The van der Waals surface area contributed by atoms with Gasteiger partial charge in [-0.15, -0.1) is 0 Å². The average Bonchev–Trinajstić information content (AvgIpc) is 2.84. The Kier molecular flexibility index (Phi) is 6.79. The van der Waals surface area contributed by atoms with Crippen molar-refractivity contribution in [2.24, 2.45) is 0 Å². The Labute approximate surface area is 205 Å². The summed E-state index contributed by atoms with van der Waals surface area (Å²) in [5.74, 6) is -0.266. The lowest BCUT2D eigenvalue weighted by molar-refractivity contribution is -0.122. The molecule has 4 amide bonds. The summed E-state index contributed by atoms with van der Waals surface area (Å²) in [7, 11) is 3.09. The van der Waals surface area contributed by atoms with Crippen molar-refractivity contribution in [3.8, 4) is 11.5 Å². The fraction of sp³-hybridized carbons (Fsp3) is 0.115. The molecule has 8 heteroatoms. The lowest BCUT2D eigenvalue weighted by Gasteiger charge is -2.26. The Hall–Kier alpha value is -3.91. The van der Waals surface area contributed by atoms with Crippen LogP contribution in [0.1, 0.15) is 16.7 Å². The Bertz CT molecular complexity index is 1300. The number of rotatable bonds is 6. The molecule has 1 aliphatic rings. The number of nitrogens with one attached hydrogen (secondary N) is 1.